The van der Waals surface area contributed by atoms with Gasteiger partial charge in [-0.25, -0.2) is 4.39 Å². The van der Waals surface area contributed by atoms with E-state index in [1.54, 1.807) is 17.6 Å². The van der Waals surface area contributed by atoms with E-state index in [2.05, 4.69) is 15.1 Å². The number of nitrogens with zero attached hydrogens (tertiary/aromatic N) is 3. The second-order valence-electron chi connectivity index (χ2n) is 3.91. The van der Waals surface area contributed by atoms with Crippen LogP contribution in [0.4, 0.5) is 4.39 Å². The van der Waals surface area contributed by atoms with Gasteiger partial charge in [0.1, 0.15) is 12.4 Å². The summed E-state index contributed by atoms with van der Waals surface area (Å²) in [4.78, 5) is 7.11. The minimum Gasteiger partial charge on any atom is -0.337 e. The molecule has 0 aliphatic carbocycles. The van der Waals surface area contributed by atoms with Gasteiger partial charge in [0.25, 0.3) is 0 Å². The highest BCUT2D eigenvalue weighted by molar-refractivity contribution is 7.71. The van der Waals surface area contributed by atoms with Crippen molar-refractivity contribution in [2.75, 3.05) is 0 Å². The van der Waals surface area contributed by atoms with Gasteiger partial charge in [0.2, 0.25) is 5.89 Å². The Morgan fingerprint density at radius 1 is 1.50 bits per heavy atom. The molecule has 0 saturated heterocycles. The second kappa shape index (κ2) is 4.02. The average Bonchev–Trinajstić information content (AvgIpc) is 2.86. The van der Waals surface area contributed by atoms with E-state index in [9.17, 15) is 4.39 Å². The van der Waals surface area contributed by atoms with Gasteiger partial charge in [-0.1, -0.05) is 5.16 Å². The van der Waals surface area contributed by atoms with Gasteiger partial charge in [-0.05, 0) is 37.3 Å². The van der Waals surface area contributed by atoms with Crippen LogP contribution in [0.1, 0.15) is 11.7 Å². The predicted octanol–water partition coefficient (Wildman–Crippen LogP) is 2.58. The maximum Gasteiger partial charge on any atom is 0.246 e. The largest absolute Gasteiger partial charge is 0.337 e. The molecule has 5 nitrogen and oxygen atoms in total. The molecule has 1 aromatic carbocycles. The molecule has 18 heavy (non-hydrogen) atoms. The summed E-state index contributed by atoms with van der Waals surface area (Å²) in [5.41, 5.74) is 1.45. The lowest BCUT2D eigenvalue weighted by atomic mass is 10.3. The van der Waals surface area contributed by atoms with Crippen LogP contribution in [0.2, 0.25) is 0 Å². The summed E-state index contributed by atoms with van der Waals surface area (Å²) in [6.45, 7) is 2.06. The second-order valence-corrected chi connectivity index (χ2v) is 4.30. The van der Waals surface area contributed by atoms with Crippen molar-refractivity contribution in [1.29, 1.82) is 0 Å². The molecule has 0 bridgehead atoms. The minimum absolute atomic E-state index is 0.313. The van der Waals surface area contributed by atoms with E-state index in [0.29, 0.717) is 28.5 Å². The van der Waals surface area contributed by atoms with Gasteiger partial charge < -0.3 is 14.1 Å². The summed E-state index contributed by atoms with van der Waals surface area (Å²) in [6.07, 6.45) is 0. The SMILES string of the molecule is Cc1noc(Cn2c(=S)[nH]c3ccc(F)cc32)n1. The maximum absolute atomic E-state index is 13.3. The van der Waals surface area contributed by atoms with Crippen LogP contribution in [-0.2, 0) is 6.54 Å². The van der Waals surface area contributed by atoms with Gasteiger partial charge in [0.05, 0.1) is 11.0 Å². The van der Waals surface area contributed by atoms with Crippen molar-refractivity contribution >= 4 is 23.3 Å². The Kier molecular flexibility index (Phi) is 2.48. The number of aromatic nitrogens is 4. The number of fused-ring (bicyclic) bond motifs is 1. The number of hydrogen-bond acceptors (Lipinski definition) is 4. The van der Waals surface area contributed by atoms with Gasteiger partial charge >= 0.3 is 0 Å². The molecule has 2 aromatic heterocycles. The number of aromatic amines is 1. The molecule has 92 valence electrons. The zero-order valence-electron chi connectivity index (χ0n) is 9.48. The molecule has 0 saturated carbocycles. The third-order valence-corrected chi connectivity index (χ3v) is 2.92. The Labute approximate surface area is 106 Å². The average molecular weight is 264 g/mol. The lowest BCUT2D eigenvalue weighted by Gasteiger charge is -1.99. The Hall–Kier alpha value is -2.02. The molecule has 0 radical (unpaired) electrons. The third-order valence-electron chi connectivity index (χ3n) is 2.60. The molecule has 0 aliphatic heterocycles. The molecule has 0 spiro atoms. The van der Waals surface area contributed by atoms with E-state index >= 15 is 0 Å². The fourth-order valence-corrected chi connectivity index (χ4v) is 2.10. The quantitative estimate of drug-likeness (QED) is 0.723. The first kappa shape index (κ1) is 11.1. The fourth-order valence-electron chi connectivity index (χ4n) is 1.82. The summed E-state index contributed by atoms with van der Waals surface area (Å²) in [5, 5.41) is 3.71. The molecular formula is C11H9FN4OS. The summed E-state index contributed by atoms with van der Waals surface area (Å²) in [7, 11) is 0. The number of H-pyrrole nitrogens is 1. The zero-order chi connectivity index (χ0) is 12.7. The van der Waals surface area contributed by atoms with Gasteiger partial charge in [0.15, 0.2) is 10.6 Å². The number of nitrogens with one attached hydrogen (secondary N) is 1. The molecule has 0 fully saturated rings. The molecule has 2 heterocycles. The predicted molar refractivity (Wildman–Crippen MR) is 65.2 cm³/mol. The standard InChI is InChI=1S/C11H9FN4OS/c1-6-13-10(17-15-6)5-16-9-4-7(12)2-3-8(9)14-11(16)18/h2-4H,5H2,1H3,(H,14,18). The maximum atomic E-state index is 13.3. The zero-order valence-corrected chi connectivity index (χ0v) is 10.3. The minimum atomic E-state index is -0.313. The Balaban J connectivity index is 2.13. The molecular weight excluding hydrogens is 255 g/mol. The van der Waals surface area contributed by atoms with Crippen molar-refractivity contribution in [3.05, 3.63) is 40.5 Å². The highest BCUT2D eigenvalue weighted by Crippen LogP contribution is 2.16. The van der Waals surface area contributed by atoms with Crippen LogP contribution in [0.3, 0.4) is 0 Å². The number of halogens is 1. The summed E-state index contributed by atoms with van der Waals surface area (Å²) in [5.74, 6) is 0.684. The topological polar surface area (TPSA) is 59.6 Å². The first-order valence-electron chi connectivity index (χ1n) is 5.31. The highest BCUT2D eigenvalue weighted by atomic mass is 32.1. The smallest absolute Gasteiger partial charge is 0.246 e. The first-order valence-corrected chi connectivity index (χ1v) is 5.71. The van der Waals surface area contributed by atoms with Crippen LogP contribution in [-0.4, -0.2) is 19.7 Å². The van der Waals surface area contributed by atoms with Gasteiger partial charge in [-0.2, -0.15) is 4.98 Å². The molecule has 0 unspecified atom stereocenters. The first-order chi connectivity index (χ1) is 8.63. The molecule has 3 aromatic rings. The molecule has 0 atom stereocenters. The van der Waals surface area contributed by atoms with E-state index in [0.717, 1.165) is 5.52 Å². The van der Waals surface area contributed by atoms with Crippen molar-refractivity contribution in [2.24, 2.45) is 0 Å². The van der Waals surface area contributed by atoms with E-state index < -0.39 is 0 Å². The van der Waals surface area contributed by atoms with Crippen LogP contribution in [0, 0.1) is 17.5 Å². The number of imidazole rings is 1. The lowest BCUT2D eigenvalue weighted by molar-refractivity contribution is 0.368. The van der Waals surface area contributed by atoms with E-state index in [1.165, 1.54) is 12.1 Å². The van der Waals surface area contributed by atoms with Crippen molar-refractivity contribution in [3.8, 4) is 0 Å². The van der Waals surface area contributed by atoms with E-state index in [-0.39, 0.29) is 5.82 Å². The van der Waals surface area contributed by atoms with Crippen molar-refractivity contribution in [1.82, 2.24) is 19.7 Å². The number of benzene rings is 1. The molecule has 3 rings (SSSR count). The number of rotatable bonds is 2. The highest BCUT2D eigenvalue weighted by Gasteiger charge is 2.09. The van der Waals surface area contributed by atoms with Crippen LogP contribution < -0.4 is 0 Å². The number of aryl methyl sites for hydroxylation is 1. The van der Waals surface area contributed by atoms with Crippen molar-refractivity contribution < 1.29 is 8.91 Å². The molecule has 0 aliphatic rings. The van der Waals surface area contributed by atoms with Crippen molar-refractivity contribution in [3.63, 3.8) is 0 Å². The van der Waals surface area contributed by atoms with E-state index in [4.69, 9.17) is 16.7 Å². The van der Waals surface area contributed by atoms with Gasteiger partial charge in [0, 0.05) is 0 Å². The van der Waals surface area contributed by atoms with Gasteiger partial charge in [-0.15, -0.1) is 0 Å². The lowest BCUT2D eigenvalue weighted by Crippen LogP contribution is -2.00. The molecule has 7 heteroatoms. The summed E-state index contributed by atoms with van der Waals surface area (Å²) >= 11 is 5.20. The fraction of sp³-hybridized carbons (Fsp3) is 0.182. The van der Waals surface area contributed by atoms with Crippen LogP contribution in [0.25, 0.3) is 11.0 Å². The normalized spacial score (nSPS) is 11.2. The molecule has 0 amide bonds. The summed E-state index contributed by atoms with van der Waals surface area (Å²) in [6, 6.07) is 4.45. The Morgan fingerprint density at radius 3 is 3.06 bits per heavy atom. The monoisotopic (exact) mass is 264 g/mol. The van der Waals surface area contributed by atoms with Crippen molar-refractivity contribution in [2.45, 2.75) is 13.5 Å². The van der Waals surface area contributed by atoms with Gasteiger partial charge in [-0.3, -0.25) is 0 Å². The van der Waals surface area contributed by atoms with Crippen LogP contribution >= 0.6 is 12.2 Å². The Morgan fingerprint density at radius 2 is 2.33 bits per heavy atom. The number of hydrogen-bond donors (Lipinski definition) is 1. The van der Waals surface area contributed by atoms with Crippen LogP contribution in [0.15, 0.2) is 22.7 Å². The van der Waals surface area contributed by atoms with E-state index in [1.807, 2.05) is 0 Å². The Bertz CT molecular complexity index is 773. The third kappa shape index (κ3) is 1.82. The molecule has 1 N–H and O–H groups in total. The summed E-state index contributed by atoms with van der Waals surface area (Å²) < 4.78 is 20.5. The van der Waals surface area contributed by atoms with Crippen LogP contribution in [0.5, 0.6) is 0 Å².